The zero-order valence-corrected chi connectivity index (χ0v) is 12.3. The molecule has 110 valence electrons. The van der Waals surface area contributed by atoms with Crippen molar-refractivity contribution in [3.8, 4) is 0 Å². The molecule has 0 radical (unpaired) electrons. The van der Waals surface area contributed by atoms with Gasteiger partial charge in [0.15, 0.2) is 0 Å². The minimum Gasteiger partial charge on any atom is -0.480 e. The molecule has 0 aromatic heterocycles. The van der Waals surface area contributed by atoms with Gasteiger partial charge < -0.3 is 15.7 Å². The number of nitrogens with two attached hydrogens (primary N) is 1. The normalized spacial score (nSPS) is 34.6. The highest BCUT2D eigenvalue weighted by atomic mass is 16.4. The molecular formula is C15H28N2O2. The quantitative estimate of drug-likeness (QED) is 0.822. The Labute approximate surface area is 116 Å². The van der Waals surface area contributed by atoms with E-state index in [4.69, 9.17) is 5.73 Å². The number of rotatable bonds is 3. The van der Waals surface area contributed by atoms with Crippen molar-refractivity contribution in [2.45, 2.75) is 64.0 Å². The number of piperidine rings is 1. The molecule has 2 aliphatic rings. The lowest BCUT2D eigenvalue weighted by Crippen LogP contribution is -2.56. The predicted molar refractivity (Wildman–Crippen MR) is 75.9 cm³/mol. The van der Waals surface area contributed by atoms with E-state index in [1.54, 1.807) is 0 Å². The highest BCUT2D eigenvalue weighted by Gasteiger charge is 2.41. The minimum atomic E-state index is -0.988. The molecule has 19 heavy (non-hydrogen) atoms. The van der Waals surface area contributed by atoms with Gasteiger partial charge in [0, 0.05) is 6.04 Å². The summed E-state index contributed by atoms with van der Waals surface area (Å²) in [6.45, 7) is 6.83. The van der Waals surface area contributed by atoms with Gasteiger partial charge in [-0.3, -0.25) is 4.79 Å². The SMILES string of the molecule is CC(C)C1CCN(C2CCCC(N)(C(=O)O)C2)CC1. The second-order valence-electron chi connectivity index (χ2n) is 6.83. The number of likely N-dealkylation sites (tertiary alicyclic amines) is 1. The van der Waals surface area contributed by atoms with Gasteiger partial charge in [0.05, 0.1) is 0 Å². The molecule has 1 aliphatic carbocycles. The fourth-order valence-electron chi connectivity index (χ4n) is 3.73. The molecule has 2 fully saturated rings. The molecule has 0 aromatic rings. The molecule has 2 rings (SSSR count). The fraction of sp³-hybridized carbons (Fsp3) is 0.933. The van der Waals surface area contributed by atoms with E-state index in [-0.39, 0.29) is 0 Å². The second kappa shape index (κ2) is 5.80. The van der Waals surface area contributed by atoms with E-state index >= 15 is 0 Å². The Morgan fingerprint density at radius 1 is 1.32 bits per heavy atom. The average Bonchev–Trinajstić information content (AvgIpc) is 2.39. The Morgan fingerprint density at radius 3 is 2.47 bits per heavy atom. The Balaban J connectivity index is 1.91. The first-order valence-electron chi connectivity index (χ1n) is 7.69. The Morgan fingerprint density at radius 2 is 1.95 bits per heavy atom. The molecule has 4 heteroatoms. The number of carboxylic acids is 1. The van der Waals surface area contributed by atoms with Crippen LogP contribution in [0.4, 0.5) is 0 Å². The van der Waals surface area contributed by atoms with Crippen molar-refractivity contribution in [1.29, 1.82) is 0 Å². The van der Waals surface area contributed by atoms with Gasteiger partial charge in [-0.25, -0.2) is 0 Å². The van der Waals surface area contributed by atoms with E-state index in [0.29, 0.717) is 18.9 Å². The van der Waals surface area contributed by atoms with E-state index in [9.17, 15) is 9.90 Å². The van der Waals surface area contributed by atoms with Gasteiger partial charge in [0.1, 0.15) is 5.54 Å². The summed E-state index contributed by atoms with van der Waals surface area (Å²) in [5.41, 5.74) is 5.06. The largest absolute Gasteiger partial charge is 0.480 e. The van der Waals surface area contributed by atoms with Crippen LogP contribution in [0.15, 0.2) is 0 Å². The molecule has 0 spiro atoms. The monoisotopic (exact) mass is 268 g/mol. The van der Waals surface area contributed by atoms with Gasteiger partial charge in [-0.05, 0) is 63.5 Å². The summed E-state index contributed by atoms with van der Waals surface area (Å²) in [5.74, 6) is 0.775. The van der Waals surface area contributed by atoms with Crippen LogP contribution in [0.5, 0.6) is 0 Å². The molecule has 1 heterocycles. The molecule has 1 saturated heterocycles. The van der Waals surface area contributed by atoms with Crippen molar-refractivity contribution < 1.29 is 9.90 Å². The van der Waals surface area contributed by atoms with Crippen molar-refractivity contribution in [2.24, 2.45) is 17.6 Å². The fourth-order valence-corrected chi connectivity index (χ4v) is 3.73. The molecule has 1 saturated carbocycles. The van der Waals surface area contributed by atoms with E-state index in [1.165, 1.54) is 12.8 Å². The number of hydrogen-bond acceptors (Lipinski definition) is 3. The lowest BCUT2D eigenvalue weighted by Gasteiger charge is -2.44. The Kier molecular flexibility index (Phi) is 4.51. The van der Waals surface area contributed by atoms with E-state index in [1.807, 2.05) is 0 Å². The minimum absolute atomic E-state index is 0.378. The van der Waals surface area contributed by atoms with Gasteiger partial charge in [-0.15, -0.1) is 0 Å². The smallest absolute Gasteiger partial charge is 0.323 e. The van der Waals surface area contributed by atoms with Crippen LogP contribution in [0.2, 0.25) is 0 Å². The van der Waals surface area contributed by atoms with Crippen LogP contribution in [0.3, 0.4) is 0 Å². The molecule has 2 unspecified atom stereocenters. The van der Waals surface area contributed by atoms with Crippen LogP contribution >= 0.6 is 0 Å². The molecule has 4 nitrogen and oxygen atoms in total. The Bertz CT molecular complexity index is 324. The number of carbonyl (C=O) groups is 1. The van der Waals surface area contributed by atoms with Crippen molar-refractivity contribution in [1.82, 2.24) is 4.90 Å². The summed E-state index contributed by atoms with van der Waals surface area (Å²) in [5, 5.41) is 9.28. The van der Waals surface area contributed by atoms with Crippen LogP contribution < -0.4 is 5.73 Å². The zero-order chi connectivity index (χ0) is 14.0. The number of hydrogen-bond donors (Lipinski definition) is 2. The second-order valence-corrected chi connectivity index (χ2v) is 6.83. The maximum absolute atomic E-state index is 11.3. The third-order valence-corrected chi connectivity index (χ3v) is 5.22. The van der Waals surface area contributed by atoms with Gasteiger partial charge >= 0.3 is 5.97 Å². The topological polar surface area (TPSA) is 66.6 Å². The van der Waals surface area contributed by atoms with E-state index < -0.39 is 11.5 Å². The third-order valence-electron chi connectivity index (χ3n) is 5.22. The van der Waals surface area contributed by atoms with E-state index in [2.05, 4.69) is 18.7 Å². The maximum atomic E-state index is 11.3. The standard InChI is InChI=1S/C15H28N2O2/c1-11(2)12-5-8-17(9-6-12)13-4-3-7-15(16,10-13)14(18)19/h11-13H,3-10,16H2,1-2H3,(H,18,19). The number of aliphatic carboxylic acids is 1. The first-order valence-corrected chi connectivity index (χ1v) is 7.69. The summed E-state index contributed by atoms with van der Waals surface area (Å²) < 4.78 is 0. The third kappa shape index (κ3) is 3.29. The summed E-state index contributed by atoms with van der Waals surface area (Å²) in [7, 11) is 0. The van der Waals surface area contributed by atoms with Crippen LogP contribution in [-0.2, 0) is 4.79 Å². The van der Waals surface area contributed by atoms with Crippen molar-refractivity contribution in [2.75, 3.05) is 13.1 Å². The van der Waals surface area contributed by atoms with Crippen LogP contribution in [0.1, 0.15) is 52.4 Å². The van der Waals surface area contributed by atoms with Gasteiger partial charge in [-0.1, -0.05) is 13.8 Å². The molecule has 0 amide bonds. The van der Waals surface area contributed by atoms with Crippen LogP contribution in [0, 0.1) is 11.8 Å². The number of carboxylic acid groups (broad SMARTS) is 1. The van der Waals surface area contributed by atoms with E-state index in [0.717, 1.165) is 37.8 Å². The lowest BCUT2D eigenvalue weighted by atomic mass is 9.78. The zero-order valence-electron chi connectivity index (χ0n) is 12.3. The summed E-state index contributed by atoms with van der Waals surface area (Å²) >= 11 is 0. The summed E-state index contributed by atoms with van der Waals surface area (Å²) in [6.07, 6.45) is 5.80. The molecule has 1 aliphatic heterocycles. The molecule has 0 aromatic carbocycles. The first kappa shape index (κ1) is 14.8. The molecule has 2 atom stereocenters. The molecule has 3 N–H and O–H groups in total. The predicted octanol–water partition coefficient (Wildman–Crippen LogP) is 2.08. The van der Waals surface area contributed by atoms with Crippen LogP contribution in [0.25, 0.3) is 0 Å². The van der Waals surface area contributed by atoms with Gasteiger partial charge in [0.25, 0.3) is 0 Å². The average molecular weight is 268 g/mol. The van der Waals surface area contributed by atoms with Crippen LogP contribution in [-0.4, -0.2) is 40.6 Å². The maximum Gasteiger partial charge on any atom is 0.323 e. The number of nitrogens with zero attached hydrogens (tertiary/aromatic N) is 1. The molecular weight excluding hydrogens is 240 g/mol. The summed E-state index contributed by atoms with van der Waals surface area (Å²) in [6, 6.07) is 0.378. The van der Waals surface area contributed by atoms with Crippen molar-refractivity contribution in [3.63, 3.8) is 0 Å². The first-order chi connectivity index (χ1) is 8.92. The highest BCUT2D eigenvalue weighted by molar-refractivity contribution is 5.78. The van der Waals surface area contributed by atoms with Crippen molar-refractivity contribution >= 4 is 5.97 Å². The summed E-state index contributed by atoms with van der Waals surface area (Å²) in [4.78, 5) is 13.8. The van der Waals surface area contributed by atoms with Gasteiger partial charge in [0.2, 0.25) is 0 Å². The highest BCUT2D eigenvalue weighted by Crippen LogP contribution is 2.33. The van der Waals surface area contributed by atoms with Crippen molar-refractivity contribution in [3.05, 3.63) is 0 Å². The van der Waals surface area contributed by atoms with Gasteiger partial charge in [-0.2, -0.15) is 0 Å². The lowest BCUT2D eigenvalue weighted by molar-refractivity contribution is -0.145. The molecule has 0 bridgehead atoms. The Hall–Kier alpha value is -0.610.